The summed E-state index contributed by atoms with van der Waals surface area (Å²) in [5, 5.41) is 14.6. The number of benzene rings is 2. The normalized spacial score (nSPS) is 11.3. The van der Waals surface area contributed by atoms with Crippen LogP contribution in [0, 0.1) is 0 Å². The molecule has 0 saturated heterocycles. The highest BCUT2D eigenvalue weighted by atomic mass is 35.5. The first-order valence-corrected chi connectivity index (χ1v) is 14.3. The number of carbonyl (C=O) groups is 2. The highest BCUT2D eigenvalue weighted by Crippen LogP contribution is 2.37. The molecule has 2 aromatic heterocycles. The van der Waals surface area contributed by atoms with Gasteiger partial charge in [-0.2, -0.15) is 0 Å². The zero-order valence-electron chi connectivity index (χ0n) is 22.3. The number of hydrogen-bond donors (Lipinski definition) is 1. The number of methoxy groups -OCH3 is 1. The van der Waals surface area contributed by atoms with Gasteiger partial charge in [0, 0.05) is 23.0 Å². The van der Waals surface area contributed by atoms with E-state index in [1.807, 2.05) is 36.7 Å². The summed E-state index contributed by atoms with van der Waals surface area (Å²) in [7, 11) is 3.14. The number of nitrogens with zero attached hydrogens (tertiary/aromatic N) is 3. The quantitative estimate of drug-likeness (QED) is 0.175. The average molecular weight is 585 g/mol. The second-order valence-corrected chi connectivity index (χ2v) is 12.0. The molecule has 204 valence electrons. The highest BCUT2D eigenvalue weighted by Gasteiger charge is 2.23. The average Bonchev–Trinajstić information content (AvgIpc) is 3.48. The van der Waals surface area contributed by atoms with Crippen LogP contribution in [0.3, 0.4) is 0 Å². The van der Waals surface area contributed by atoms with E-state index < -0.39 is 5.97 Å². The molecule has 0 saturated carbocycles. The van der Waals surface area contributed by atoms with Crippen molar-refractivity contribution in [1.29, 1.82) is 0 Å². The topological polar surface area (TPSA) is 95.3 Å². The van der Waals surface area contributed by atoms with Gasteiger partial charge in [0.1, 0.15) is 22.9 Å². The Balaban J connectivity index is 1.37. The summed E-state index contributed by atoms with van der Waals surface area (Å²) in [5.41, 5.74) is 3.07. The van der Waals surface area contributed by atoms with Crippen molar-refractivity contribution in [3.05, 3.63) is 75.9 Å². The van der Waals surface area contributed by atoms with Crippen molar-refractivity contribution in [3.8, 4) is 16.9 Å². The van der Waals surface area contributed by atoms with Gasteiger partial charge in [-0.3, -0.25) is 4.79 Å². The van der Waals surface area contributed by atoms with Crippen LogP contribution in [-0.4, -0.2) is 39.5 Å². The van der Waals surface area contributed by atoms with E-state index in [1.165, 1.54) is 35.8 Å². The smallest absolute Gasteiger partial charge is 0.341 e. The second-order valence-electron chi connectivity index (χ2n) is 9.71. The van der Waals surface area contributed by atoms with E-state index in [9.17, 15) is 9.59 Å². The van der Waals surface area contributed by atoms with Gasteiger partial charge in [0.25, 0.3) is 0 Å². The van der Waals surface area contributed by atoms with Crippen LogP contribution in [0.2, 0.25) is 5.02 Å². The van der Waals surface area contributed by atoms with Gasteiger partial charge >= 0.3 is 5.97 Å². The minimum Gasteiger partial charge on any atom is -0.486 e. The van der Waals surface area contributed by atoms with Crippen LogP contribution in [0.4, 0.5) is 5.00 Å². The van der Waals surface area contributed by atoms with Crippen LogP contribution in [0.1, 0.15) is 42.5 Å². The van der Waals surface area contributed by atoms with Crippen molar-refractivity contribution in [1.82, 2.24) is 14.8 Å². The largest absolute Gasteiger partial charge is 0.486 e. The molecule has 0 unspecified atom stereocenters. The van der Waals surface area contributed by atoms with Crippen molar-refractivity contribution in [2.75, 3.05) is 18.2 Å². The lowest BCUT2D eigenvalue weighted by atomic mass is 9.87. The number of carbonyl (C=O) groups excluding carboxylic acids is 2. The molecule has 4 aromatic rings. The second kappa shape index (κ2) is 12.2. The van der Waals surface area contributed by atoms with Crippen LogP contribution in [0.5, 0.6) is 5.75 Å². The fraction of sp³-hybridized carbons (Fsp3) is 0.286. The monoisotopic (exact) mass is 584 g/mol. The Kier molecular flexibility index (Phi) is 8.99. The van der Waals surface area contributed by atoms with E-state index >= 15 is 0 Å². The molecule has 0 bridgehead atoms. The Labute approximate surface area is 240 Å². The zero-order chi connectivity index (χ0) is 28.2. The molecule has 11 heteroatoms. The Morgan fingerprint density at radius 3 is 2.41 bits per heavy atom. The summed E-state index contributed by atoms with van der Waals surface area (Å²) in [6.07, 6.45) is 0. The van der Waals surface area contributed by atoms with Gasteiger partial charge in [0.2, 0.25) is 5.91 Å². The van der Waals surface area contributed by atoms with E-state index in [2.05, 4.69) is 48.4 Å². The fourth-order valence-electron chi connectivity index (χ4n) is 3.68. The Morgan fingerprint density at radius 2 is 1.77 bits per heavy atom. The van der Waals surface area contributed by atoms with Crippen molar-refractivity contribution in [2.24, 2.45) is 7.05 Å². The molecule has 2 heterocycles. The first-order valence-electron chi connectivity index (χ1n) is 12.1. The van der Waals surface area contributed by atoms with Crippen molar-refractivity contribution in [2.45, 2.75) is 37.9 Å². The third-order valence-electron chi connectivity index (χ3n) is 5.93. The van der Waals surface area contributed by atoms with Crippen LogP contribution >= 0.6 is 34.7 Å². The number of nitrogens with one attached hydrogen (secondary N) is 1. The third-order valence-corrected chi connectivity index (χ3v) is 8.10. The molecular formula is C28H29ClN4O4S2. The molecule has 4 rings (SSSR count). The van der Waals surface area contributed by atoms with Crippen LogP contribution in [-0.2, 0) is 28.6 Å². The third kappa shape index (κ3) is 7.00. The SMILES string of the molecule is COC(=O)c1c(-c2ccc(Cl)cc2)csc1NC(=O)CSc1nnc(COc2ccc(C(C)(C)C)cc2)n1C. The number of thiophene rings is 1. The Bertz CT molecular complexity index is 1460. The maximum Gasteiger partial charge on any atom is 0.341 e. The molecular weight excluding hydrogens is 556 g/mol. The number of hydrogen-bond acceptors (Lipinski definition) is 8. The summed E-state index contributed by atoms with van der Waals surface area (Å²) in [6.45, 7) is 6.74. The van der Waals surface area contributed by atoms with Gasteiger partial charge in [0.05, 0.1) is 12.9 Å². The molecule has 1 amide bonds. The summed E-state index contributed by atoms with van der Waals surface area (Å²) in [5.74, 6) is 0.645. The van der Waals surface area contributed by atoms with Gasteiger partial charge < -0.3 is 19.4 Å². The Morgan fingerprint density at radius 1 is 1.08 bits per heavy atom. The number of ether oxygens (including phenoxy) is 2. The van der Waals surface area contributed by atoms with E-state index in [1.54, 1.807) is 16.7 Å². The number of aromatic nitrogens is 3. The molecule has 2 aromatic carbocycles. The van der Waals surface area contributed by atoms with Crippen molar-refractivity contribution in [3.63, 3.8) is 0 Å². The molecule has 0 aliphatic rings. The van der Waals surface area contributed by atoms with Crippen molar-refractivity contribution < 1.29 is 19.1 Å². The Hall–Kier alpha value is -3.34. The summed E-state index contributed by atoms with van der Waals surface area (Å²) in [4.78, 5) is 25.3. The molecule has 0 aliphatic heterocycles. The maximum atomic E-state index is 12.8. The zero-order valence-corrected chi connectivity index (χ0v) is 24.7. The molecule has 0 fully saturated rings. The predicted octanol–water partition coefficient (Wildman–Crippen LogP) is 6.59. The lowest BCUT2D eigenvalue weighted by Gasteiger charge is -2.19. The molecule has 0 atom stereocenters. The van der Waals surface area contributed by atoms with Gasteiger partial charge in [-0.25, -0.2) is 4.79 Å². The fourth-order valence-corrected chi connectivity index (χ4v) is 5.51. The van der Waals surface area contributed by atoms with Gasteiger partial charge in [-0.05, 0) is 40.8 Å². The van der Waals surface area contributed by atoms with E-state index in [0.717, 1.165) is 11.3 Å². The van der Waals surface area contributed by atoms with Crippen LogP contribution in [0.25, 0.3) is 11.1 Å². The standard InChI is InChI=1S/C28H29ClN4O4S2/c1-28(2,3)18-8-12-20(13-9-18)37-14-22-31-32-27(33(22)4)39-16-23(34)30-25-24(26(35)36-5)21(15-38-25)17-6-10-19(29)11-7-17/h6-13,15H,14,16H2,1-5H3,(H,30,34). The molecule has 0 radical (unpaired) electrons. The minimum atomic E-state index is -0.532. The number of thioether (sulfide) groups is 1. The summed E-state index contributed by atoms with van der Waals surface area (Å²) in [6, 6.07) is 15.1. The van der Waals surface area contributed by atoms with Gasteiger partial charge in [0.15, 0.2) is 11.0 Å². The van der Waals surface area contributed by atoms with E-state index in [0.29, 0.717) is 32.1 Å². The number of rotatable bonds is 9. The molecule has 8 nitrogen and oxygen atoms in total. The van der Waals surface area contributed by atoms with E-state index in [4.69, 9.17) is 21.1 Å². The lowest BCUT2D eigenvalue weighted by Crippen LogP contribution is -2.16. The van der Waals surface area contributed by atoms with Gasteiger partial charge in [-0.15, -0.1) is 21.5 Å². The molecule has 39 heavy (non-hydrogen) atoms. The number of amides is 1. The lowest BCUT2D eigenvalue weighted by molar-refractivity contribution is -0.113. The van der Waals surface area contributed by atoms with Gasteiger partial charge in [-0.1, -0.05) is 68.4 Å². The van der Waals surface area contributed by atoms with Crippen LogP contribution in [0.15, 0.2) is 59.1 Å². The number of anilines is 1. The molecule has 1 N–H and O–H groups in total. The number of esters is 1. The van der Waals surface area contributed by atoms with Crippen molar-refractivity contribution >= 4 is 51.6 Å². The first-order chi connectivity index (χ1) is 18.6. The summed E-state index contributed by atoms with van der Waals surface area (Å²) >= 11 is 8.50. The molecule has 0 spiro atoms. The molecule has 0 aliphatic carbocycles. The summed E-state index contributed by atoms with van der Waals surface area (Å²) < 4.78 is 12.7. The maximum absolute atomic E-state index is 12.8. The van der Waals surface area contributed by atoms with Crippen LogP contribution < -0.4 is 10.1 Å². The predicted molar refractivity (Wildman–Crippen MR) is 156 cm³/mol. The highest BCUT2D eigenvalue weighted by molar-refractivity contribution is 7.99. The first kappa shape index (κ1) is 28.7. The number of halogens is 1. The van der Waals surface area contributed by atoms with E-state index in [-0.39, 0.29) is 23.7 Å². The minimum absolute atomic E-state index is 0.0733.